The maximum Gasteiger partial charge on any atom is 0.179 e. The fourth-order valence-electron chi connectivity index (χ4n) is 1.51. The van der Waals surface area contributed by atoms with E-state index >= 15 is 0 Å². The molecule has 0 saturated carbocycles. The van der Waals surface area contributed by atoms with Gasteiger partial charge in [-0.05, 0) is 18.6 Å². The standard InChI is InChI=1S/C12H9Cl2NOS/c1-7-12(17-6-15-7)10(16)5-8-3-2-4-9(13)11(8)14/h2-4,6H,5H2,1H3. The summed E-state index contributed by atoms with van der Waals surface area (Å²) in [6.45, 7) is 1.82. The predicted octanol–water partition coefficient (Wildman–Crippen LogP) is 4.18. The van der Waals surface area contributed by atoms with Crippen LogP contribution < -0.4 is 0 Å². The SMILES string of the molecule is Cc1ncsc1C(=O)Cc1cccc(Cl)c1Cl. The molecule has 0 amide bonds. The molecule has 0 N–H and O–H groups in total. The zero-order valence-electron chi connectivity index (χ0n) is 9.04. The molecule has 5 heteroatoms. The van der Waals surface area contributed by atoms with Crippen molar-refractivity contribution in [1.29, 1.82) is 0 Å². The van der Waals surface area contributed by atoms with Crippen LogP contribution in [0.15, 0.2) is 23.7 Å². The van der Waals surface area contributed by atoms with E-state index in [-0.39, 0.29) is 12.2 Å². The number of carbonyl (C=O) groups excluding carboxylic acids is 1. The van der Waals surface area contributed by atoms with Gasteiger partial charge in [-0.2, -0.15) is 0 Å². The number of thiazole rings is 1. The summed E-state index contributed by atoms with van der Waals surface area (Å²) in [6.07, 6.45) is 0.252. The molecule has 0 saturated heterocycles. The summed E-state index contributed by atoms with van der Waals surface area (Å²) in [5, 5.41) is 0.919. The normalized spacial score (nSPS) is 10.5. The average Bonchev–Trinajstić information content (AvgIpc) is 2.71. The minimum atomic E-state index is 0.0224. The molecule has 0 aliphatic rings. The van der Waals surface area contributed by atoms with E-state index in [4.69, 9.17) is 23.2 Å². The number of ketones is 1. The van der Waals surface area contributed by atoms with Crippen LogP contribution in [0.25, 0.3) is 0 Å². The Labute approximate surface area is 113 Å². The number of hydrogen-bond acceptors (Lipinski definition) is 3. The first-order chi connectivity index (χ1) is 8.09. The van der Waals surface area contributed by atoms with Crippen LogP contribution in [0.5, 0.6) is 0 Å². The summed E-state index contributed by atoms with van der Waals surface area (Å²) in [5.74, 6) is 0.0224. The van der Waals surface area contributed by atoms with E-state index in [0.717, 1.165) is 11.3 Å². The van der Waals surface area contributed by atoms with Crippen LogP contribution in [0.4, 0.5) is 0 Å². The lowest BCUT2D eigenvalue weighted by Crippen LogP contribution is -2.03. The molecule has 88 valence electrons. The van der Waals surface area contributed by atoms with Gasteiger partial charge in [0.1, 0.15) is 0 Å². The van der Waals surface area contributed by atoms with Gasteiger partial charge in [-0.15, -0.1) is 11.3 Å². The van der Waals surface area contributed by atoms with Gasteiger partial charge >= 0.3 is 0 Å². The van der Waals surface area contributed by atoms with Crippen LogP contribution in [0.2, 0.25) is 10.0 Å². The van der Waals surface area contributed by atoms with Crippen LogP contribution in [0.3, 0.4) is 0 Å². The number of aryl methyl sites for hydroxylation is 1. The molecule has 2 aromatic rings. The molecule has 0 aliphatic heterocycles. The largest absolute Gasteiger partial charge is 0.293 e. The van der Waals surface area contributed by atoms with Gasteiger partial charge in [-0.25, -0.2) is 4.98 Å². The molecule has 0 spiro atoms. The Balaban J connectivity index is 2.25. The number of nitrogens with zero attached hydrogens (tertiary/aromatic N) is 1. The molecule has 2 nitrogen and oxygen atoms in total. The Hall–Kier alpha value is -0.900. The molecule has 0 unspecified atom stereocenters. The number of benzene rings is 1. The Morgan fingerprint density at radius 1 is 1.41 bits per heavy atom. The lowest BCUT2D eigenvalue weighted by atomic mass is 10.1. The highest BCUT2D eigenvalue weighted by Crippen LogP contribution is 2.27. The fourth-order valence-corrected chi connectivity index (χ4v) is 2.64. The topological polar surface area (TPSA) is 30.0 Å². The molecule has 0 atom stereocenters. The maximum atomic E-state index is 12.0. The van der Waals surface area contributed by atoms with Crippen molar-refractivity contribution in [2.45, 2.75) is 13.3 Å². The quantitative estimate of drug-likeness (QED) is 0.792. The van der Waals surface area contributed by atoms with E-state index in [0.29, 0.717) is 14.9 Å². The second-order valence-electron chi connectivity index (χ2n) is 3.58. The monoisotopic (exact) mass is 285 g/mol. The number of Topliss-reactive ketones (excluding diaryl/α,β-unsaturated/α-hetero) is 1. The van der Waals surface area contributed by atoms with Crippen molar-refractivity contribution in [3.63, 3.8) is 0 Å². The van der Waals surface area contributed by atoms with E-state index in [1.54, 1.807) is 17.6 Å². The van der Waals surface area contributed by atoms with Gasteiger partial charge in [-0.3, -0.25) is 4.79 Å². The van der Waals surface area contributed by atoms with Crippen LogP contribution in [0, 0.1) is 6.92 Å². The Kier molecular flexibility index (Phi) is 3.82. The van der Waals surface area contributed by atoms with E-state index < -0.39 is 0 Å². The van der Waals surface area contributed by atoms with E-state index in [2.05, 4.69) is 4.98 Å². The zero-order valence-corrected chi connectivity index (χ0v) is 11.4. The third-order valence-electron chi connectivity index (χ3n) is 2.38. The first kappa shape index (κ1) is 12.6. The minimum absolute atomic E-state index is 0.0224. The molecule has 2 rings (SSSR count). The summed E-state index contributed by atoms with van der Waals surface area (Å²) in [4.78, 5) is 16.8. The first-order valence-electron chi connectivity index (χ1n) is 4.95. The van der Waals surface area contributed by atoms with Crippen molar-refractivity contribution in [3.8, 4) is 0 Å². The zero-order chi connectivity index (χ0) is 12.4. The molecule has 0 fully saturated rings. The molecule has 1 aromatic heterocycles. The van der Waals surface area contributed by atoms with E-state index in [1.807, 2.05) is 13.0 Å². The molecule has 1 aromatic carbocycles. The Bertz CT molecular complexity index is 565. The smallest absolute Gasteiger partial charge is 0.179 e. The number of hydrogen-bond donors (Lipinski definition) is 0. The van der Waals surface area contributed by atoms with Crippen molar-refractivity contribution < 1.29 is 4.79 Å². The van der Waals surface area contributed by atoms with Crippen molar-refractivity contribution in [2.24, 2.45) is 0 Å². The third-order valence-corrected chi connectivity index (χ3v) is 4.21. The van der Waals surface area contributed by atoms with E-state index in [9.17, 15) is 4.79 Å². The molecular formula is C12H9Cl2NOS. The second kappa shape index (κ2) is 5.17. The van der Waals surface area contributed by atoms with Crippen LogP contribution in [-0.4, -0.2) is 10.8 Å². The summed E-state index contributed by atoms with van der Waals surface area (Å²) in [5.41, 5.74) is 3.18. The van der Waals surface area contributed by atoms with Gasteiger partial charge in [-0.1, -0.05) is 35.3 Å². The van der Waals surface area contributed by atoms with Crippen molar-refractivity contribution >= 4 is 40.3 Å². The Morgan fingerprint density at radius 3 is 2.82 bits per heavy atom. The summed E-state index contributed by atoms with van der Waals surface area (Å²) >= 11 is 13.3. The summed E-state index contributed by atoms with van der Waals surface area (Å²) in [6, 6.07) is 5.30. The van der Waals surface area contributed by atoms with Crippen LogP contribution >= 0.6 is 34.5 Å². The number of carbonyl (C=O) groups is 1. The highest BCUT2D eigenvalue weighted by atomic mass is 35.5. The van der Waals surface area contributed by atoms with Crippen molar-refractivity contribution in [3.05, 3.63) is 49.9 Å². The molecule has 17 heavy (non-hydrogen) atoms. The Morgan fingerprint density at radius 2 is 2.18 bits per heavy atom. The lowest BCUT2D eigenvalue weighted by Gasteiger charge is -2.04. The van der Waals surface area contributed by atoms with Crippen molar-refractivity contribution in [1.82, 2.24) is 4.98 Å². The highest BCUT2D eigenvalue weighted by Gasteiger charge is 2.14. The lowest BCUT2D eigenvalue weighted by molar-refractivity contribution is 0.0996. The highest BCUT2D eigenvalue weighted by molar-refractivity contribution is 7.11. The first-order valence-corrected chi connectivity index (χ1v) is 6.59. The summed E-state index contributed by atoms with van der Waals surface area (Å²) in [7, 11) is 0. The van der Waals surface area contributed by atoms with Crippen LogP contribution in [0.1, 0.15) is 20.9 Å². The van der Waals surface area contributed by atoms with Gasteiger partial charge in [0.05, 0.1) is 26.1 Å². The molecule has 0 radical (unpaired) electrons. The third kappa shape index (κ3) is 2.68. The van der Waals surface area contributed by atoms with E-state index in [1.165, 1.54) is 11.3 Å². The summed E-state index contributed by atoms with van der Waals surface area (Å²) < 4.78 is 0. The maximum absolute atomic E-state index is 12.0. The molecular weight excluding hydrogens is 277 g/mol. The molecule has 0 aliphatic carbocycles. The predicted molar refractivity (Wildman–Crippen MR) is 71.3 cm³/mol. The van der Waals surface area contributed by atoms with Gasteiger partial charge in [0, 0.05) is 6.42 Å². The number of aromatic nitrogens is 1. The average molecular weight is 286 g/mol. The van der Waals surface area contributed by atoms with Gasteiger partial charge in [0.2, 0.25) is 0 Å². The molecule has 1 heterocycles. The number of rotatable bonds is 3. The van der Waals surface area contributed by atoms with Gasteiger partial charge in [0.25, 0.3) is 0 Å². The van der Waals surface area contributed by atoms with Crippen LogP contribution in [-0.2, 0) is 6.42 Å². The van der Waals surface area contributed by atoms with Gasteiger partial charge in [0.15, 0.2) is 5.78 Å². The van der Waals surface area contributed by atoms with Crippen molar-refractivity contribution in [2.75, 3.05) is 0 Å². The second-order valence-corrected chi connectivity index (χ2v) is 5.22. The fraction of sp³-hybridized carbons (Fsp3) is 0.167. The minimum Gasteiger partial charge on any atom is -0.293 e. The number of halogens is 2. The molecule has 0 bridgehead atoms. The van der Waals surface area contributed by atoms with Gasteiger partial charge < -0.3 is 0 Å².